The predicted octanol–water partition coefficient (Wildman–Crippen LogP) is 4.06. The minimum Gasteiger partial charge on any atom is -0.423 e. The highest BCUT2D eigenvalue weighted by Crippen LogP contribution is 2.35. The second kappa shape index (κ2) is 7.53. The molecule has 2 aliphatic rings. The van der Waals surface area contributed by atoms with E-state index in [1.807, 2.05) is 12.3 Å². The number of nitrogens with one attached hydrogen (secondary N) is 1. The van der Waals surface area contributed by atoms with Crippen molar-refractivity contribution in [2.45, 2.75) is 18.8 Å². The number of aromatic nitrogens is 3. The maximum absolute atomic E-state index is 13.4. The third-order valence-corrected chi connectivity index (χ3v) is 6.45. The first kappa shape index (κ1) is 18.6. The topological polar surface area (TPSA) is 70.4 Å². The van der Waals surface area contributed by atoms with Gasteiger partial charge in [-0.1, -0.05) is 0 Å². The zero-order valence-corrected chi connectivity index (χ0v) is 17.2. The number of benzene rings is 1. The fourth-order valence-electron chi connectivity index (χ4n) is 4.75. The quantitative estimate of drug-likeness (QED) is 0.538. The molecule has 1 N–H and O–H groups in total. The molecular weight excluding hydrogens is 397 g/mol. The van der Waals surface area contributed by atoms with Crippen LogP contribution in [0.5, 0.6) is 0 Å². The van der Waals surface area contributed by atoms with E-state index in [0.717, 1.165) is 66.8 Å². The third kappa shape index (κ3) is 3.40. The number of fused-ring (bicyclic) bond motifs is 2. The van der Waals surface area contributed by atoms with E-state index in [9.17, 15) is 4.39 Å². The van der Waals surface area contributed by atoms with Crippen LogP contribution in [0, 0.1) is 5.82 Å². The Morgan fingerprint density at radius 1 is 1.03 bits per heavy atom. The van der Waals surface area contributed by atoms with Crippen LogP contribution < -0.4 is 9.80 Å². The lowest BCUT2D eigenvalue weighted by molar-refractivity contribution is 0.120. The Morgan fingerprint density at radius 3 is 2.71 bits per heavy atom. The summed E-state index contributed by atoms with van der Waals surface area (Å²) in [6.07, 6.45) is 5.34. The van der Waals surface area contributed by atoms with Gasteiger partial charge < -0.3 is 23.9 Å². The van der Waals surface area contributed by atoms with Gasteiger partial charge in [0.15, 0.2) is 5.58 Å². The Morgan fingerprint density at radius 2 is 1.87 bits per heavy atom. The Kier molecular flexibility index (Phi) is 4.52. The fraction of sp³-hybridized carbons (Fsp3) is 0.391. The lowest BCUT2D eigenvalue weighted by atomic mass is 9.90. The number of piperidine rings is 1. The van der Waals surface area contributed by atoms with Gasteiger partial charge in [-0.05, 0) is 36.5 Å². The molecule has 31 heavy (non-hydrogen) atoms. The highest BCUT2D eigenvalue weighted by Gasteiger charge is 2.24. The predicted molar refractivity (Wildman–Crippen MR) is 117 cm³/mol. The van der Waals surface area contributed by atoms with Crippen molar-refractivity contribution in [2.75, 3.05) is 49.2 Å². The molecule has 7 nitrogen and oxygen atoms in total. The second-order valence-corrected chi connectivity index (χ2v) is 8.30. The van der Waals surface area contributed by atoms with Crippen LogP contribution in [0.15, 0.2) is 41.1 Å². The summed E-state index contributed by atoms with van der Waals surface area (Å²) in [5.74, 6) is 0.111. The van der Waals surface area contributed by atoms with Crippen LogP contribution in [-0.4, -0.2) is 54.3 Å². The van der Waals surface area contributed by atoms with Gasteiger partial charge in [0.25, 0.3) is 6.01 Å². The standard InChI is InChI=1S/C23H24FN5O2/c24-16-11-20-22(26-13-16)18(14-25-20)15-3-5-28(6-4-15)17-1-2-19-21(12-17)31-23(27-19)29-7-9-30-10-8-29/h1-2,11-15,25H,3-10H2. The maximum Gasteiger partial charge on any atom is 0.298 e. The molecule has 0 bridgehead atoms. The number of rotatable bonds is 3. The molecule has 2 aliphatic heterocycles. The molecule has 5 heterocycles. The summed E-state index contributed by atoms with van der Waals surface area (Å²) >= 11 is 0. The third-order valence-electron chi connectivity index (χ3n) is 6.45. The molecule has 0 radical (unpaired) electrons. The monoisotopic (exact) mass is 421 g/mol. The molecule has 0 unspecified atom stereocenters. The number of nitrogens with zero attached hydrogens (tertiary/aromatic N) is 4. The Bertz CT molecular complexity index is 1220. The van der Waals surface area contributed by atoms with Crippen molar-refractivity contribution in [1.82, 2.24) is 15.0 Å². The number of oxazole rings is 1. The number of hydrogen-bond acceptors (Lipinski definition) is 6. The summed E-state index contributed by atoms with van der Waals surface area (Å²) in [6, 6.07) is 8.46. The number of morpholine rings is 1. The zero-order chi connectivity index (χ0) is 20.8. The Labute approximate surface area is 178 Å². The van der Waals surface area contributed by atoms with Crippen molar-refractivity contribution < 1.29 is 13.5 Å². The summed E-state index contributed by atoms with van der Waals surface area (Å²) < 4.78 is 24.9. The van der Waals surface area contributed by atoms with Gasteiger partial charge in [0.1, 0.15) is 11.3 Å². The van der Waals surface area contributed by atoms with E-state index < -0.39 is 0 Å². The molecule has 8 heteroatoms. The normalized spacial score (nSPS) is 18.4. The van der Waals surface area contributed by atoms with Crippen molar-refractivity contribution in [3.8, 4) is 0 Å². The van der Waals surface area contributed by atoms with E-state index in [0.29, 0.717) is 25.1 Å². The number of halogens is 1. The SMILES string of the molecule is Fc1cnc2c(C3CCN(c4ccc5nc(N6CCOCC6)oc5c4)CC3)c[nH]c2c1. The van der Waals surface area contributed by atoms with Gasteiger partial charge >= 0.3 is 0 Å². The van der Waals surface area contributed by atoms with Gasteiger partial charge in [0.2, 0.25) is 0 Å². The van der Waals surface area contributed by atoms with Gasteiger partial charge in [-0.15, -0.1) is 0 Å². The smallest absolute Gasteiger partial charge is 0.298 e. The van der Waals surface area contributed by atoms with E-state index >= 15 is 0 Å². The minimum atomic E-state index is -0.310. The molecule has 2 fully saturated rings. The molecule has 1 aromatic carbocycles. The lowest BCUT2D eigenvalue weighted by Gasteiger charge is -2.33. The van der Waals surface area contributed by atoms with Gasteiger partial charge in [0, 0.05) is 50.2 Å². The van der Waals surface area contributed by atoms with Crippen molar-refractivity contribution in [3.05, 3.63) is 48.0 Å². The molecule has 0 saturated carbocycles. The Balaban J connectivity index is 1.18. The first-order valence-corrected chi connectivity index (χ1v) is 10.9. The number of aromatic amines is 1. The molecule has 2 saturated heterocycles. The molecule has 0 spiro atoms. The molecule has 4 aromatic rings. The number of anilines is 2. The fourth-order valence-corrected chi connectivity index (χ4v) is 4.75. The number of pyridine rings is 1. The molecule has 160 valence electrons. The summed E-state index contributed by atoms with van der Waals surface area (Å²) in [7, 11) is 0. The summed E-state index contributed by atoms with van der Waals surface area (Å²) in [4.78, 5) is 16.7. The highest BCUT2D eigenvalue weighted by molar-refractivity contribution is 5.80. The summed E-state index contributed by atoms with van der Waals surface area (Å²) in [6.45, 7) is 4.94. The van der Waals surface area contributed by atoms with Gasteiger partial charge in [0.05, 0.1) is 30.4 Å². The average Bonchev–Trinajstić information content (AvgIpc) is 3.43. The molecule has 0 atom stereocenters. The summed E-state index contributed by atoms with van der Waals surface area (Å²) in [5.41, 5.74) is 5.72. The number of ether oxygens (including phenoxy) is 1. The highest BCUT2D eigenvalue weighted by atomic mass is 19.1. The Hall–Kier alpha value is -3.13. The van der Waals surface area contributed by atoms with Crippen LogP contribution in [-0.2, 0) is 4.74 Å². The van der Waals surface area contributed by atoms with E-state index in [1.165, 1.54) is 17.8 Å². The van der Waals surface area contributed by atoms with Gasteiger partial charge in [-0.2, -0.15) is 4.98 Å². The van der Waals surface area contributed by atoms with E-state index in [2.05, 4.69) is 36.9 Å². The molecule has 0 aliphatic carbocycles. The van der Waals surface area contributed by atoms with Crippen LogP contribution in [0.4, 0.5) is 16.1 Å². The van der Waals surface area contributed by atoms with Crippen molar-refractivity contribution >= 4 is 33.8 Å². The second-order valence-electron chi connectivity index (χ2n) is 8.30. The van der Waals surface area contributed by atoms with Crippen LogP contribution in [0.25, 0.3) is 22.1 Å². The zero-order valence-electron chi connectivity index (χ0n) is 17.2. The summed E-state index contributed by atoms with van der Waals surface area (Å²) in [5, 5.41) is 0. The van der Waals surface area contributed by atoms with Crippen molar-refractivity contribution in [1.29, 1.82) is 0 Å². The van der Waals surface area contributed by atoms with Crippen LogP contribution >= 0.6 is 0 Å². The van der Waals surface area contributed by atoms with E-state index in [1.54, 1.807) is 0 Å². The van der Waals surface area contributed by atoms with Crippen LogP contribution in [0.2, 0.25) is 0 Å². The van der Waals surface area contributed by atoms with Crippen molar-refractivity contribution in [2.24, 2.45) is 0 Å². The number of H-pyrrole nitrogens is 1. The molecule has 6 rings (SSSR count). The first-order chi connectivity index (χ1) is 15.2. The van der Waals surface area contributed by atoms with Crippen LogP contribution in [0.3, 0.4) is 0 Å². The molecule has 0 amide bonds. The van der Waals surface area contributed by atoms with E-state index in [4.69, 9.17) is 9.15 Å². The van der Waals surface area contributed by atoms with Crippen molar-refractivity contribution in [3.63, 3.8) is 0 Å². The molecular formula is C23H24FN5O2. The van der Waals surface area contributed by atoms with Gasteiger partial charge in [-0.25, -0.2) is 4.39 Å². The van der Waals surface area contributed by atoms with E-state index in [-0.39, 0.29) is 5.82 Å². The largest absolute Gasteiger partial charge is 0.423 e. The average molecular weight is 421 g/mol. The minimum absolute atomic E-state index is 0.310. The first-order valence-electron chi connectivity index (χ1n) is 10.9. The maximum atomic E-state index is 13.4. The van der Waals surface area contributed by atoms with Crippen LogP contribution in [0.1, 0.15) is 24.3 Å². The van der Waals surface area contributed by atoms with Gasteiger partial charge in [-0.3, -0.25) is 4.98 Å². The number of hydrogen-bond donors (Lipinski definition) is 1. The lowest BCUT2D eigenvalue weighted by Crippen LogP contribution is -2.36. The molecule has 3 aromatic heterocycles.